The van der Waals surface area contributed by atoms with Crippen LogP contribution in [0.25, 0.3) is 10.8 Å². The number of morpholine rings is 1. The average molecular weight is 376 g/mol. The van der Waals surface area contributed by atoms with Gasteiger partial charge in [0.05, 0.1) is 25.9 Å². The first-order chi connectivity index (χ1) is 13.7. The summed E-state index contributed by atoms with van der Waals surface area (Å²) in [6.45, 7) is 3.84. The molecule has 1 N–H and O–H groups in total. The Balaban J connectivity index is 1.44. The topological polar surface area (TPSA) is 50.8 Å². The molecule has 1 amide bonds. The fourth-order valence-electron chi connectivity index (χ4n) is 3.49. The maximum atomic E-state index is 12.7. The summed E-state index contributed by atoms with van der Waals surface area (Å²) in [5.74, 6) is 0.443. The number of rotatable bonds is 5. The largest absolute Gasteiger partial charge is 0.496 e. The standard InChI is InChI=1S/C23H24N2O3/c1-27-22-15-19-5-3-2-4-18(19)14-21(22)23(26)24-16-17-6-8-20(9-7-17)25-10-12-28-13-11-25/h2-9,14-15H,10-13,16H2,1H3,(H,24,26). The van der Waals surface area contributed by atoms with E-state index in [1.165, 1.54) is 5.69 Å². The maximum Gasteiger partial charge on any atom is 0.255 e. The number of ether oxygens (including phenoxy) is 2. The first-order valence-corrected chi connectivity index (χ1v) is 9.51. The molecule has 1 heterocycles. The molecule has 5 heteroatoms. The Kier molecular flexibility index (Phi) is 5.44. The van der Waals surface area contributed by atoms with Crippen LogP contribution in [-0.2, 0) is 11.3 Å². The average Bonchev–Trinajstić information content (AvgIpc) is 2.77. The lowest BCUT2D eigenvalue weighted by atomic mass is 10.1. The van der Waals surface area contributed by atoms with E-state index >= 15 is 0 Å². The van der Waals surface area contributed by atoms with E-state index in [1.807, 2.05) is 36.4 Å². The van der Waals surface area contributed by atoms with E-state index in [2.05, 4.69) is 34.5 Å². The van der Waals surface area contributed by atoms with Crippen molar-refractivity contribution in [2.24, 2.45) is 0 Å². The second-order valence-electron chi connectivity index (χ2n) is 6.85. The maximum absolute atomic E-state index is 12.7. The van der Waals surface area contributed by atoms with Gasteiger partial charge in [-0.15, -0.1) is 0 Å². The van der Waals surface area contributed by atoms with Gasteiger partial charge in [0.25, 0.3) is 5.91 Å². The molecule has 0 atom stereocenters. The molecule has 0 radical (unpaired) electrons. The number of nitrogens with zero attached hydrogens (tertiary/aromatic N) is 1. The highest BCUT2D eigenvalue weighted by atomic mass is 16.5. The summed E-state index contributed by atoms with van der Waals surface area (Å²) in [7, 11) is 1.59. The van der Waals surface area contributed by atoms with Crippen LogP contribution in [0, 0.1) is 0 Å². The molecule has 3 aromatic carbocycles. The van der Waals surface area contributed by atoms with Crippen molar-refractivity contribution in [1.29, 1.82) is 0 Å². The summed E-state index contributed by atoms with van der Waals surface area (Å²) >= 11 is 0. The van der Waals surface area contributed by atoms with E-state index in [1.54, 1.807) is 7.11 Å². The normalized spacial score (nSPS) is 14.1. The molecule has 0 unspecified atom stereocenters. The van der Waals surface area contributed by atoms with Crippen LogP contribution in [0.2, 0.25) is 0 Å². The van der Waals surface area contributed by atoms with E-state index in [4.69, 9.17) is 9.47 Å². The summed E-state index contributed by atoms with van der Waals surface area (Å²) in [5, 5.41) is 5.07. The number of hydrogen-bond donors (Lipinski definition) is 1. The van der Waals surface area contributed by atoms with Gasteiger partial charge >= 0.3 is 0 Å². The molecule has 5 nitrogen and oxygen atoms in total. The number of nitrogens with one attached hydrogen (secondary N) is 1. The Bertz CT molecular complexity index is 963. The van der Waals surface area contributed by atoms with Crippen LogP contribution < -0.4 is 15.0 Å². The van der Waals surface area contributed by atoms with Gasteiger partial charge in [0.15, 0.2) is 0 Å². The van der Waals surface area contributed by atoms with Crippen LogP contribution in [0.3, 0.4) is 0 Å². The third-order valence-electron chi connectivity index (χ3n) is 5.08. The Hall–Kier alpha value is -3.05. The zero-order valence-corrected chi connectivity index (χ0v) is 16.0. The minimum Gasteiger partial charge on any atom is -0.496 e. The molecule has 1 saturated heterocycles. The first-order valence-electron chi connectivity index (χ1n) is 9.51. The first kappa shape index (κ1) is 18.3. The highest BCUT2D eigenvalue weighted by Gasteiger charge is 2.14. The molecule has 1 aliphatic rings. The quantitative estimate of drug-likeness (QED) is 0.739. The lowest BCUT2D eigenvalue weighted by molar-refractivity contribution is 0.0948. The van der Waals surface area contributed by atoms with E-state index in [-0.39, 0.29) is 5.91 Å². The van der Waals surface area contributed by atoms with Crippen LogP contribution in [0.5, 0.6) is 5.75 Å². The summed E-state index contributed by atoms with van der Waals surface area (Å²) in [5.41, 5.74) is 2.80. The van der Waals surface area contributed by atoms with Crippen molar-refractivity contribution in [1.82, 2.24) is 5.32 Å². The smallest absolute Gasteiger partial charge is 0.255 e. The predicted octanol–water partition coefficient (Wildman–Crippen LogP) is 3.62. The van der Waals surface area contributed by atoms with Crippen molar-refractivity contribution in [2.75, 3.05) is 38.3 Å². The number of anilines is 1. The van der Waals surface area contributed by atoms with Crippen molar-refractivity contribution in [3.8, 4) is 5.75 Å². The zero-order valence-electron chi connectivity index (χ0n) is 16.0. The fourth-order valence-corrected chi connectivity index (χ4v) is 3.49. The Morgan fingerprint density at radius 1 is 1.04 bits per heavy atom. The van der Waals surface area contributed by atoms with Crippen molar-refractivity contribution in [3.05, 3.63) is 71.8 Å². The third-order valence-corrected chi connectivity index (χ3v) is 5.08. The SMILES string of the molecule is COc1cc2ccccc2cc1C(=O)NCc1ccc(N2CCOCC2)cc1. The minimum atomic E-state index is -0.139. The monoisotopic (exact) mass is 376 g/mol. The van der Waals surface area contributed by atoms with Crippen LogP contribution in [0.4, 0.5) is 5.69 Å². The van der Waals surface area contributed by atoms with Crippen molar-refractivity contribution >= 4 is 22.4 Å². The van der Waals surface area contributed by atoms with Crippen LogP contribution in [0.15, 0.2) is 60.7 Å². The summed E-state index contributed by atoms with van der Waals surface area (Å²) in [6, 6.07) is 20.0. The van der Waals surface area contributed by atoms with Gasteiger partial charge in [-0.25, -0.2) is 0 Å². The van der Waals surface area contributed by atoms with Crippen molar-refractivity contribution in [3.63, 3.8) is 0 Å². The highest BCUT2D eigenvalue weighted by Crippen LogP contribution is 2.26. The predicted molar refractivity (Wildman–Crippen MR) is 111 cm³/mol. The van der Waals surface area contributed by atoms with Gasteiger partial charge < -0.3 is 19.7 Å². The van der Waals surface area contributed by atoms with Crippen LogP contribution >= 0.6 is 0 Å². The lowest BCUT2D eigenvalue weighted by Gasteiger charge is -2.28. The molecule has 1 aliphatic heterocycles. The Morgan fingerprint density at radius 3 is 2.39 bits per heavy atom. The van der Waals surface area contributed by atoms with Crippen LogP contribution in [-0.4, -0.2) is 39.3 Å². The van der Waals surface area contributed by atoms with E-state index in [9.17, 15) is 4.79 Å². The molecule has 28 heavy (non-hydrogen) atoms. The summed E-state index contributed by atoms with van der Waals surface area (Å²) in [4.78, 5) is 15.1. The number of carbonyl (C=O) groups is 1. The third kappa shape index (κ3) is 3.94. The molecule has 0 saturated carbocycles. The molecule has 144 valence electrons. The number of fused-ring (bicyclic) bond motifs is 1. The molecule has 0 bridgehead atoms. The zero-order chi connectivity index (χ0) is 19.3. The molecular formula is C23H24N2O3. The lowest BCUT2D eigenvalue weighted by Crippen LogP contribution is -2.36. The summed E-state index contributed by atoms with van der Waals surface area (Å²) < 4.78 is 10.8. The number of carbonyl (C=O) groups excluding carboxylic acids is 1. The number of methoxy groups -OCH3 is 1. The van der Waals surface area contributed by atoms with E-state index < -0.39 is 0 Å². The molecule has 4 rings (SSSR count). The van der Waals surface area contributed by atoms with Crippen molar-refractivity contribution in [2.45, 2.75) is 6.54 Å². The number of amides is 1. The van der Waals surface area contributed by atoms with Crippen molar-refractivity contribution < 1.29 is 14.3 Å². The fraction of sp³-hybridized carbons (Fsp3) is 0.261. The van der Waals surface area contributed by atoms with Gasteiger partial charge in [-0.1, -0.05) is 36.4 Å². The van der Waals surface area contributed by atoms with Gasteiger partial charge in [0, 0.05) is 25.3 Å². The Morgan fingerprint density at radius 2 is 1.71 bits per heavy atom. The molecule has 0 aromatic heterocycles. The van der Waals surface area contributed by atoms with Gasteiger partial charge in [0.1, 0.15) is 5.75 Å². The van der Waals surface area contributed by atoms with Gasteiger partial charge in [-0.05, 0) is 40.6 Å². The van der Waals surface area contributed by atoms with Gasteiger partial charge in [-0.2, -0.15) is 0 Å². The highest BCUT2D eigenvalue weighted by molar-refractivity contribution is 6.01. The molecule has 0 aliphatic carbocycles. The Labute approximate surface area is 164 Å². The van der Waals surface area contributed by atoms with Gasteiger partial charge in [-0.3, -0.25) is 4.79 Å². The molecular weight excluding hydrogens is 352 g/mol. The second-order valence-corrected chi connectivity index (χ2v) is 6.85. The van der Waals surface area contributed by atoms with Gasteiger partial charge in [0.2, 0.25) is 0 Å². The second kappa shape index (κ2) is 8.31. The molecule has 1 fully saturated rings. The van der Waals surface area contributed by atoms with E-state index in [0.717, 1.165) is 42.6 Å². The van der Waals surface area contributed by atoms with E-state index in [0.29, 0.717) is 17.9 Å². The molecule has 3 aromatic rings. The number of hydrogen-bond acceptors (Lipinski definition) is 4. The number of benzene rings is 3. The van der Waals surface area contributed by atoms with Crippen LogP contribution in [0.1, 0.15) is 15.9 Å². The minimum absolute atomic E-state index is 0.139. The summed E-state index contributed by atoms with van der Waals surface area (Å²) in [6.07, 6.45) is 0. The molecule has 0 spiro atoms.